The highest BCUT2D eigenvalue weighted by Gasteiger charge is 2.35. The topological polar surface area (TPSA) is 93.2 Å². The molecule has 188 valence electrons. The summed E-state index contributed by atoms with van der Waals surface area (Å²) in [6.45, 7) is 6.70. The number of rotatable bonds is 5. The fraction of sp³-hybridized carbons (Fsp3) is 0.462. The van der Waals surface area contributed by atoms with Crippen LogP contribution < -0.4 is 9.80 Å². The molecule has 8 nitrogen and oxygen atoms in total. The van der Waals surface area contributed by atoms with E-state index < -0.39 is 15.9 Å². The van der Waals surface area contributed by atoms with Gasteiger partial charge in [0.2, 0.25) is 5.91 Å². The van der Waals surface area contributed by atoms with Gasteiger partial charge in [0, 0.05) is 26.3 Å². The lowest BCUT2D eigenvalue weighted by Crippen LogP contribution is -2.52. The third kappa shape index (κ3) is 5.36. The van der Waals surface area contributed by atoms with Crippen molar-refractivity contribution in [2.45, 2.75) is 57.1 Å². The van der Waals surface area contributed by atoms with Gasteiger partial charge in [-0.1, -0.05) is 25.1 Å². The van der Waals surface area contributed by atoms with Gasteiger partial charge in [-0.2, -0.15) is 0 Å². The lowest BCUT2D eigenvalue weighted by atomic mass is 10.0. The molecule has 35 heavy (non-hydrogen) atoms. The molecule has 0 radical (unpaired) electrons. The van der Waals surface area contributed by atoms with Crippen molar-refractivity contribution in [3.05, 3.63) is 42.5 Å². The van der Waals surface area contributed by atoms with Crippen LogP contribution in [0.3, 0.4) is 0 Å². The number of ether oxygens (including phenoxy) is 2. The normalized spacial score (nSPS) is 18.8. The number of sulfone groups is 1. The first-order valence-corrected chi connectivity index (χ1v) is 13.7. The van der Waals surface area contributed by atoms with Crippen molar-refractivity contribution < 1.29 is 27.5 Å². The van der Waals surface area contributed by atoms with Crippen molar-refractivity contribution >= 4 is 33.2 Å². The van der Waals surface area contributed by atoms with Crippen molar-refractivity contribution in [1.29, 1.82) is 0 Å². The van der Waals surface area contributed by atoms with Gasteiger partial charge in [-0.15, -0.1) is 0 Å². The van der Waals surface area contributed by atoms with Gasteiger partial charge in [-0.05, 0) is 48.7 Å². The average Bonchev–Trinajstić information content (AvgIpc) is 2.83. The second-order valence-corrected chi connectivity index (χ2v) is 11.2. The number of amides is 2. The summed E-state index contributed by atoms with van der Waals surface area (Å²) in [6.07, 6.45) is 1.25. The number of nitrogens with zero attached hydrogens (tertiary/aromatic N) is 2. The zero-order chi connectivity index (χ0) is 25.2. The maximum atomic E-state index is 13.2. The van der Waals surface area contributed by atoms with E-state index in [9.17, 15) is 18.0 Å². The molecule has 2 amide bonds. The first kappa shape index (κ1) is 25.2. The molecule has 1 fully saturated rings. The Morgan fingerprint density at radius 1 is 1.03 bits per heavy atom. The first-order chi connectivity index (χ1) is 16.7. The SMILES string of the molecule is CCCS(=O)(=O)c1ccc(-c2ccc3c(c2)N(C(=O)OC2CCOCC2)C[C@H](C)N3C(C)=O)cc1. The summed E-state index contributed by atoms with van der Waals surface area (Å²) in [5, 5.41) is 0. The maximum absolute atomic E-state index is 13.2. The predicted molar refractivity (Wildman–Crippen MR) is 135 cm³/mol. The molecule has 0 unspecified atom stereocenters. The minimum Gasteiger partial charge on any atom is -0.446 e. The molecule has 2 aromatic rings. The Kier molecular flexibility index (Phi) is 7.47. The molecular weight excluding hydrogens is 468 g/mol. The summed E-state index contributed by atoms with van der Waals surface area (Å²) in [5.74, 6) is 0.00322. The molecule has 0 spiro atoms. The summed E-state index contributed by atoms with van der Waals surface area (Å²) >= 11 is 0. The van der Waals surface area contributed by atoms with Crippen LogP contribution in [-0.4, -0.2) is 58.1 Å². The molecule has 0 aromatic heterocycles. The Morgan fingerprint density at radius 2 is 1.69 bits per heavy atom. The molecule has 1 saturated heterocycles. The van der Waals surface area contributed by atoms with Crippen LogP contribution in [-0.2, 0) is 24.1 Å². The maximum Gasteiger partial charge on any atom is 0.414 e. The summed E-state index contributed by atoms with van der Waals surface area (Å²) in [7, 11) is -3.30. The van der Waals surface area contributed by atoms with Gasteiger partial charge >= 0.3 is 6.09 Å². The standard InChI is InChI=1S/C26H32N2O6S/c1-4-15-35(31,32)23-8-5-20(6-9-23)21-7-10-24-25(16-21)27(17-18(2)28(24)19(3)29)26(30)34-22-11-13-33-14-12-22/h5-10,16,18,22H,4,11-15,17H2,1-3H3/t18-/m0/s1. The zero-order valence-electron chi connectivity index (χ0n) is 20.4. The number of fused-ring (bicyclic) bond motifs is 1. The second kappa shape index (κ2) is 10.4. The summed E-state index contributed by atoms with van der Waals surface area (Å²) in [5.41, 5.74) is 2.86. The van der Waals surface area contributed by atoms with Crippen LogP contribution in [0, 0.1) is 0 Å². The molecule has 1 atom stereocenters. The van der Waals surface area contributed by atoms with Crippen LogP contribution in [0.5, 0.6) is 0 Å². The van der Waals surface area contributed by atoms with E-state index in [1.807, 2.05) is 32.0 Å². The van der Waals surface area contributed by atoms with E-state index >= 15 is 0 Å². The van der Waals surface area contributed by atoms with Crippen molar-refractivity contribution in [2.24, 2.45) is 0 Å². The van der Waals surface area contributed by atoms with Crippen LogP contribution in [0.4, 0.5) is 16.2 Å². The molecule has 2 aliphatic rings. The van der Waals surface area contributed by atoms with Crippen LogP contribution in [0.1, 0.15) is 40.0 Å². The van der Waals surface area contributed by atoms with E-state index in [2.05, 4.69) is 0 Å². The van der Waals surface area contributed by atoms with E-state index in [0.717, 1.165) is 11.1 Å². The molecule has 0 bridgehead atoms. The average molecular weight is 501 g/mol. The van der Waals surface area contributed by atoms with Crippen molar-refractivity contribution in [2.75, 3.05) is 35.3 Å². The summed E-state index contributed by atoms with van der Waals surface area (Å²) < 4.78 is 35.9. The van der Waals surface area contributed by atoms with Crippen molar-refractivity contribution in [3.63, 3.8) is 0 Å². The number of carbonyl (C=O) groups excluding carboxylic acids is 2. The van der Waals surface area contributed by atoms with Gasteiger partial charge in [0.1, 0.15) is 6.10 Å². The van der Waals surface area contributed by atoms with Gasteiger partial charge in [0.15, 0.2) is 9.84 Å². The number of carbonyl (C=O) groups is 2. The predicted octanol–water partition coefficient (Wildman–Crippen LogP) is 4.41. The van der Waals surface area contributed by atoms with Gasteiger partial charge in [-0.3, -0.25) is 9.69 Å². The Bertz CT molecular complexity index is 1190. The van der Waals surface area contributed by atoms with Gasteiger partial charge in [0.25, 0.3) is 0 Å². The minimum absolute atomic E-state index is 0.102. The molecule has 2 heterocycles. The molecule has 2 aliphatic heterocycles. The summed E-state index contributed by atoms with van der Waals surface area (Å²) in [4.78, 5) is 29.2. The molecule has 4 rings (SSSR count). The third-order valence-electron chi connectivity index (χ3n) is 6.43. The Balaban J connectivity index is 1.68. The van der Waals surface area contributed by atoms with E-state index in [-0.39, 0.29) is 23.8 Å². The van der Waals surface area contributed by atoms with Crippen LogP contribution in [0.2, 0.25) is 0 Å². The Hall–Kier alpha value is -2.91. The van der Waals surface area contributed by atoms with Crippen LogP contribution in [0.15, 0.2) is 47.4 Å². The smallest absolute Gasteiger partial charge is 0.414 e. The van der Waals surface area contributed by atoms with E-state index in [0.29, 0.717) is 55.3 Å². The van der Waals surface area contributed by atoms with Crippen molar-refractivity contribution in [3.8, 4) is 11.1 Å². The fourth-order valence-electron chi connectivity index (χ4n) is 4.70. The van der Waals surface area contributed by atoms with Gasteiger partial charge < -0.3 is 14.4 Å². The van der Waals surface area contributed by atoms with Crippen molar-refractivity contribution in [1.82, 2.24) is 0 Å². The third-order valence-corrected chi connectivity index (χ3v) is 8.36. The lowest BCUT2D eigenvalue weighted by Gasteiger charge is -2.41. The Morgan fingerprint density at radius 3 is 2.31 bits per heavy atom. The number of hydrogen-bond donors (Lipinski definition) is 0. The second-order valence-electron chi connectivity index (χ2n) is 9.09. The van der Waals surface area contributed by atoms with Gasteiger partial charge in [0.05, 0.1) is 41.3 Å². The van der Waals surface area contributed by atoms with E-state index in [1.54, 1.807) is 34.1 Å². The Labute approximate surface area is 206 Å². The number of benzene rings is 2. The first-order valence-electron chi connectivity index (χ1n) is 12.0. The quantitative estimate of drug-likeness (QED) is 0.604. The van der Waals surface area contributed by atoms with E-state index in [1.165, 1.54) is 6.92 Å². The summed E-state index contributed by atoms with van der Waals surface area (Å²) in [6, 6.07) is 12.1. The van der Waals surface area contributed by atoms with Crippen LogP contribution >= 0.6 is 0 Å². The largest absolute Gasteiger partial charge is 0.446 e. The number of hydrogen-bond acceptors (Lipinski definition) is 6. The highest BCUT2D eigenvalue weighted by atomic mass is 32.2. The zero-order valence-corrected chi connectivity index (χ0v) is 21.2. The fourth-order valence-corrected chi connectivity index (χ4v) is 6.02. The van der Waals surface area contributed by atoms with Gasteiger partial charge in [-0.25, -0.2) is 13.2 Å². The number of anilines is 2. The highest BCUT2D eigenvalue weighted by molar-refractivity contribution is 7.91. The lowest BCUT2D eigenvalue weighted by molar-refractivity contribution is -0.117. The highest BCUT2D eigenvalue weighted by Crippen LogP contribution is 2.39. The molecule has 0 saturated carbocycles. The molecular formula is C26H32N2O6S. The van der Waals surface area contributed by atoms with Crippen LogP contribution in [0.25, 0.3) is 11.1 Å². The molecule has 2 aromatic carbocycles. The monoisotopic (exact) mass is 500 g/mol. The molecule has 9 heteroatoms. The van der Waals surface area contributed by atoms with E-state index in [4.69, 9.17) is 9.47 Å². The molecule has 0 aliphatic carbocycles. The minimum atomic E-state index is -3.30. The molecule has 0 N–H and O–H groups in total.